The molecule has 1 aromatic carbocycles. The van der Waals surface area contributed by atoms with Gasteiger partial charge in [0.2, 0.25) is 0 Å². The number of nitrogens with two attached hydrogens (primary N) is 2. The van der Waals surface area contributed by atoms with Crippen LogP contribution in [-0.2, 0) is 4.74 Å². The Morgan fingerprint density at radius 3 is 2.81 bits per heavy atom. The normalized spacial score (nSPS) is 27.7. The van der Waals surface area contributed by atoms with Crippen LogP contribution in [0.4, 0.5) is 4.39 Å². The minimum Gasteiger partial charge on any atom is -0.405 e. The first kappa shape index (κ1) is 24.0. The van der Waals surface area contributed by atoms with E-state index >= 15 is 0 Å². The van der Waals surface area contributed by atoms with E-state index in [1.165, 1.54) is 12.3 Å². The summed E-state index contributed by atoms with van der Waals surface area (Å²) in [5.41, 5.74) is 12.8. The van der Waals surface area contributed by atoms with Crippen LogP contribution in [0.3, 0.4) is 0 Å². The molecule has 31 heavy (non-hydrogen) atoms. The lowest BCUT2D eigenvalue weighted by Crippen LogP contribution is -2.50. The number of nitrogens with zero attached hydrogens (tertiary/aromatic N) is 1. The summed E-state index contributed by atoms with van der Waals surface area (Å²) >= 11 is 1.77. The molecular formula is C24H37FN4OS. The highest BCUT2D eigenvalue weighted by molar-refractivity contribution is 7.97. The van der Waals surface area contributed by atoms with Crippen LogP contribution in [0.2, 0.25) is 0 Å². The Labute approximate surface area is 190 Å². The zero-order valence-electron chi connectivity index (χ0n) is 18.5. The smallest absolute Gasteiger partial charge is 0.123 e. The third-order valence-electron chi connectivity index (χ3n) is 6.40. The highest BCUT2D eigenvalue weighted by Gasteiger charge is 2.31. The van der Waals surface area contributed by atoms with Gasteiger partial charge in [-0.25, -0.2) is 4.39 Å². The molecule has 2 unspecified atom stereocenters. The van der Waals surface area contributed by atoms with Crippen LogP contribution in [0, 0.1) is 11.7 Å². The Kier molecular flexibility index (Phi) is 9.55. The van der Waals surface area contributed by atoms with Crippen LogP contribution >= 0.6 is 11.9 Å². The fourth-order valence-corrected chi connectivity index (χ4v) is 5.31. The van der Waals surface area contributed by atoms with Gasteiger partial charge in [-0.2, -0.15) is 0 Å². The van der Waals surface area contributed by atoms with Gasteiger partial charge in [0.05, 0.1) is 18.5 Å². The summed E-state index contributed by atoms with van der Waals surface area (Å²) in [5, 5.41) is 0. The van der Waals surface area contributed by atoms with E-state index in [1.54, 1.807) is 24.1 Å². The molecule has 1 saturated heterocycles. The van der Waals surface area contributed by atoms with E-state index < -0.39 is 0 Å². The summed E-state index contributed by atoms with van der Waals surface area (Å²) in [6.07, 6.45) is 10.6. The molecule has 2 fully saturated rings. The Morgan fingerprint density at radius 2 is 2.10 bits per heavy atom. The van der Waals surface area contributed by atoms with Crippen molar-refractivity contribution in [3.63, 3.8) is 0 Å². The number of nitrogens with one attached hydrogen (secondary N) is 1. The van der Waals surface area contributed by atoms with Crippen molar-refractivity contribution in [2.75, 3.05) is 25.4 Å². The molecule has 0 spiro atoms. The van der Waals surface area contributed by atoms with Crippen molar-refractivity contribution in [1.82, 2.24) is 9.62 Å². The Balaban J connectivity index is 1.52. The number of benzene rings is 1. The number of ether oxygens (including phenoxy) is 1. The van der Waals surface area contributed by atoms with E-state index in [2.05, 4.69) is 16.5 Å². The minimum atomic E-state index is -0.142. The van der Waals surface area contributed by atoms with Gasteiger partial charge in [0.25, 0.3) is 0 Å². The van der Waals surface area contributed by atoms with Gasteiger partial charge in [-0.15, -0.1) is 0 Å². The van der Waals surface area contributed by atoms with E-state index in [0.29, 0.717) is 17.9 Å². The van der Waals surface area contributed by atoms with Crippen LogP contribution < -0.4 is 16.2 Å². The molecular weight excluding hydrogens is 411 g/mol. The summed E-state index contributed by atoms with van der Waals surface area (Å²) in [6.45, 7) is 4.70. The molecule has 1 heterocycles. The highest BCUT2D eigenvalue weighted by atomic mass is 32.2. The second-order valence-corrected chi connectivity index (χ2v) is 9.59. The van der Waals surface area contributed by atoms with Crippen molar-refractivity contribution in [3.8, 4) is 0 Å². The van der Waals surface area contributed by atoms with Crippen molar-refractivity contribution in [1.29, 1.82) is 0 Å². The van der Waals surface area contributed by atoms with Gasteiger partial charge in [0.1, 0.15) is 5.82 Å². The van der Waals surface area contributed by atoms with E-state index in [9.17, 15) is 4.39 Å². The first-order valence-electron chi connectivity index (χ1n) is 11.4. The molecule has 0 radical (unpaired) electrons. The van der Waals surface area contributed by atoms with Gasteiger partial charge in [-0.3, -0.25) is 4.72 Å². The van der Waals surface area contributed by atoms with Crippen molar-refractivity contribution in [2.45, 2.75) is 57.1 Å². The topological polar surface area (TPSA) is 76.5 Å². The minimum absolute atomic E-state index is 0.142. The zero-order valence-corrected chi connectivity index (χ0v) is 19.3. The zero-order chi connectivity index (χ0) is 22.1. The Bertz CT molecular complexity index is 736. The number of hydrogen-bond acceptors (Lipinski definition) is 6. The molecule has 7 heteroatoms. The summed E-state index contributed by atoms with van der Waals surface area (Å²) in [5.74, 6) is 2.47. The maximum Gasteiger partial charge on any atom is 0.123 e. The number of hydrogen-bond donors (Lipinski definition) is 3. The third-order valence-corrected chi connectivity index (χ3v) is 7.15. The Hall–Kier alpha value is -1.70. The predicted octanol–water partition coefficient (Wildman–Crippen LogP) is 4.09. The average Bonchev–Trinajstić information content (AvgIpc) is 2.80. The number of halogens is 1. The predicted molar refractivity (Wildman–Crippen MR) is 128 cm³/mol. The second kappa shape index (κ2) is 12.4. The van der Waals surface area contributed by atoms with E-state index in [-0.39, 0.29) is 11.9 Å². The molecule has 1 aromatic rings. The van der Waals surface area contributed by atoms with Crippen LogP contribution in [0.1, 0.15) is 50.5 Å². The molecule has 3 rings (SSSR count). The number of rotatable bonds is 9. The molecule has 1 saturated carbocycles. The number of likely N-dealkylation sites (tertiary alicyclic amines) is 1. The molecule has 2 aliphatic rings. The van der Waals surface area contributed by atoms with Gasteiger partial charge >= 0.3 is 0 Å². The standard InChI is InChI=1S/C24H37FN4OS/c1-2-31-28-23-12-14-29(24(27)7-4-13-26)16-20(23)17-30-22-10-8-18(9-11-22)19-5-3-6-21(25)15-19/h3-7,13,15,18,20,22-23,28H,2,8-12,14,16-17,26-27H2,1H3/b13-4-,24-7+. The van der Waals surface area contributed by atoms with Crippen LogP contribution in [0.5, 0.6) is 0 Å². The average molecular weight is 449 g/mol. The lowest BCUT2D eigenvalue weighted by atomic mass is 9.82. The molecule has 1 aliphatic carbocycles. The molecule has 5 nitrogen and oxygen atoms in total. The number of piperidine rings is 1. The van der Waals surface area contributed by atoms with E-state index in [1.807, 2.05) is 18.2 Å². The molecule has 0 bridgehead atoms. The fourth-order valence-electron chi connectivity index (χ4n) is 4.62. The summed E-state index contributed by atoms with van der Waals surface area (Å²) in [7, 11) is 0. The van der Waals surface area contributed by atoms with Crippen molar-refractivity contribution in [2.24, 2.45) is 17.4 Å². The number of allylic oxidation sites excluding steroid dienone is 2. The van der Waals surface area contributed by atoms with Gasteiger partial charge in [0, 0.05) is 30.8 Å². The largest absolute Gasteiger partial charge is 0.405 e. The molecule has 172 valence electrons. The molecule has 0 amide bonds. The Morgan fingerprint density at radius 1 is 1.29 bits per heavy atom. The van der Waals surface area contributed by atoms with Gasteiger partial charge in [-0.05, 0) is 74.1 Å². The van der Waals surface area contributed by atoms with Crippen molar-refractivity contribution >= 4 is 11.9 Å². The van der Waals surface area contributed by atoms with Crippen molar-refractivity contribution in [3.05, 3.63) is 59.8 Å². The summed E-state index contributed by atoms with van der Waals surface area (Å²) in [6, 6.07) is 7.48. The summed E-state index contributed by atoms with van der Waals surface area (Å²) < 4.78 is 23.6. The molecule has 2 atom stereocenters. The first-order valence-corrected chi connectivity index (χ1v) is 12.4. The van der Waals surface area contributed by atoms with Crippen molar-refractivity contribution < 1.29 is 9.13 Å². The maximum atomic E-state index is 13.5. The lowest BCUT2D eigenvalue weighted by molar-refractivity contribution is -0.0134. The van der Waals surface area contributed by atoms with E-state index in [4.69, 9.17) is 16.2 Å². The molecule has 0 aromatic heterocycles. The highest BCUT2D eigenvalue weighted by Crippen LogP contribution is 2.34. The van der Waals surface area contributed by atoms with Gasteiger partial charge in [-0.1, -0.05) is 31.0 Å². The SMILES string of the molecule is CCSNC1CCN(/C(N)=C/C=C\N)CC1COC1CCC(c2cccc(F)c2)CC1. The maximum absolute atomic E-state index is 13.5. The van der Waals surface area contributed by atoms with E-state index in [0.717, 1.165) is 68.9 Å². The van der Waals surface area contributed by atoms with Crippen LogP contribution in [0.25, 0.3) is 0 Å². The lowest BCUT2D eigenvalue weighted by Gasteiger charge is -2.40. The fraction of sp³-hybridized carbons (Fsp3) is 0.583. The second-order valence-electron chi connectivity index (χ2n) is 8.49. The molecule has 5 N–H and O–H groups in total. The van der Waals surface area contributed by atoms with Crippen LogP contribution in [0.15, 0.2) is 48.4 Å². The van der Waals surface area contributed by atoms with Gasteiger partial charge in [0.15, 0.2) is 0 Å². The van der Waals surface area contributed by atoms with Gasteiger partial charge < -0.3 is 21.1 Å². The van der Waals surface area contributed by atoms with Crippen LogP contribution in [-0.4, -0.2) is 42.5 Å². The first-order chi connectivity index (χ1) is 15.1. The molecule has 1 aliphatic heterocycles. The monoisotopic (exact) mass is 448 g/mol. The summed E-state index contributed by atoms with van der Waals surface area (Å²) in [4.78, 5) is 2.23. The quantitative estimate of drug-likeness (QED) is 0.390. The third kappa shape index (κ3) is 7.16.